The monoisotopic (exact) mass is 586 g/mol. The summed E-state index contributed by atoms with van der Waals surface area (Å²) in [5, 5.41) is 10.4. The number of anilines is 2. The van der Waals surface area contributed by atoms with Crippen LogP contribution in [0.1, 0.15) is 27.0 Å². The summed E-state index contributed by atoms with van der Waals surface area (Å²) in [6.45, 7) is 10.9. The van der Waals surface area contributed by atoms with Crippen molar-refractivity contribution >= 4 is 33.3 Å². The van der Waals surface area contributed by atoms with Gasteiger partial charge in [-0.05, 0) is 61.7 Å². The predicted octanol–water partition coefficient (Wildman–Crippen LogP) is 2.93. The average molecular weight is 587 g/mol. The van der Waals surface area contributed by atoms with Crippen LogP contribution in [0.15, 0.2) is 35.2 Å². The first-order chi connectivity index (χ1) is 18.7. The van der Waals surface area contributed by atoms with Crippen molar-refractivity contribution < 1.29 is 41.0 Å². The Hall–Kier alpha value is -3.36. The van der Waals surface area contributed by atoms with Crippen molar-refractivity contribution in [2.45, 2.75) is 31.8 Å². The molecule has 14 heteroatoms. The summed E-state index contributed by atoms with van der Waals surface area (Å²) < 4.78 is 66.8. The lowest BCUT2D eigenvalue weighted by Crippen LogP contribution is -2.44. The van der Waals surface area contributed by atoms with Crippen molar-refractivity contribution in [1.82, 2.24) is 10.2 Å². The van der Waals surface area contributed by atoms with E-state index in [-0.39, 0.29) is 10.8 Å². The second kappa shape index (κ2) is 12.9. The molecule has 0 radical (unpaired) electrons. The molecule has 0 bridgehead atoms. The molecule has 2 aromatic carbocycles. The number of aryl methyl sites for hydroxylation is 3. The van der Waals surface area contributed by atoms with Gasteiger partial charge in [-0.3, -0.25) is 9.52 Å². The predicted molar refractivity (Wildman–Crippen MR) is 143 cm³/mol. The number of morpholine rings is 1. The van der Waals surface area contributed by atoms with E-state index in [9.17, 15) is 26.4 Å². The summed E-state index contributed by atoms with van der Waals surface area (Å²) in [5.74, 6) is -2.87. The maximum Gasteiger partial charge on any atom is 0.490 e. The van der Waals surface area contributed by atoms with Gasteiger partial charge in [0.2, 0.25) is 0 Å². The second-order valence-corrected chi connectivity index (χ2v) is 11.1. The minimum absolute atomic E-state index is 0.118. The number of ether oxygens (including phenoxy) is 1. The number of carbonyl (C=O) groups is 2. The Morgan fingerprint density at radius 3 is 2.10 bits per heavy atom. The van der Waals surface area contributed by atoms with Crippen molar-refractivity contribution in [1.29, 1.82) is 0 Å². The molecule has 4 rings (SSSR count). The van der Waals surface area contributed by atoms with Gasteiger partial charge in [0.25, 0.3) is 15.9 Å². The summed E-state index contributed by atoms with van der Waals surface area (Å²) in [5.41, 5.74) is 4.32. The Balaban J connectivity index is 0.000000559. The molecule has 220 valence electrons. The number of benzene rings is 2. The van der Waals surface area contributed by atoms with Gasteiger partial charge >= 0.3 is 12.1 Å². The highest BCUT2D eigenvalue weighted by Crippen LogP contribution is 2.31. The fourth-order valence-electron chi connectivity index (χ4n) is 4.30. The number of sulfonamides is 1. The van der Waals surface area contributed by atoms with Gasteiger partial charge in [-0.25, -0.2) is 13.2 Å². The first-order valence-corrected chi connectivity index (χ1v) is 14.1. The fourth-order valence-corrected chi connectivity index (χ4v) is 5.68. The van der Waals surface area contributed by atoms with Gasteiger partial charge in [-0.15, -0.1) is 0 Å². The Bertz CT molecular complexity index is 1340. The van der Waals surface area contributed by atoms with Crippen LogP contribution in [0.5, 0.6) is 0 Å². The van der Waals surface area contributed by atoms with Gasteiger partial charge in [0, 0.05) is 44.8 Å². The van der Waals surface area contributed by atoms with Crippen molar-refractivity contribution in [3.8, 4) is 0 Å². The number of carboxylic acids is 1. The number of carbonyl (C=O) groups excluding carboxylic acids is 1. The van der Waals surface area contributed by atoms with Gasteiger partial charge in [-0.2, -0.15) is 13.2 Å². The summed E-state index contributed by atoms with van der Waals surface area (Å²) in [7, 11) is -3.85. The SMILES string of the molecule is Cc1cc(C)c(S(=O)(=O)Nc2cc(C(=O)N3CCOCC3)ccc2N2CCNCC2)cc1C.O=C(O)C(F)(F)F. The summed E-state index contributed by atoms with van der Waals surface area (Å²) >= 11 is 0. The zero-order valence-corrected chi connectivity index (χ0v) is 23.3. The minimum Gasteiger partial charge on any atom is -0.475 e. The molecule has 0 spiro atoms. The third kappa shape index (κ3) is 7.86. The average Bonchev–Trinajstić information content (AvgIpc) is 2.91. The van der Waals surface area contributed by atoms with Crippen LogP contribution in [-0.4, -0.2) is 89.0 Å². The van der Waals surface area contributed by atoms with Crippen LogP contribution < -0.4 is 14.9 Å². The molecule has 2 aliphatic rings. The Morgan fingerprint density at radius 2 is 1.52 bits per heavy atom. The highest BCUT2D eigenvalue weighted by molar-refractivity contribution is 7.92. The fraction of sp³-hybridized carbons (Fsp3) is 0.462. The molecule has 3 N–H and O–H groups in total. The van der Waals surface area contributed by atoms with Gasteiger partial charge in [0.05, 0.1) is 29.5 Å². The van der Waals surface area contributed by atoms with E-state index in [2.05, 4.69) is 14.9 Å². The van der Waals surface area contributed by atoms with Crippen molar-refractivity contribution in [2.24, 2.45) is 0 Å². The van der Waals surface area contributed by atoms with E-state index < -0.39 is 22.2 Å². The number of amides is 1. The molecule has 0 atom stereocenters. The number of aliphatic carboxylic acids is 1. The second-order valence-electron chi connectivity index (χ2n) is 9.48. The highest BCUT2D eigenvalue weighted by atomic mass is 32.2. The van der Waals surface area contributed by atoms with Crippen molar-refractivity contribution in [3.63, 3.8) is 0 Å². The van der Waals surface area contributed by atoms with Gasteiger partial charge < -0.3 is 25.0 Å². The number of piperazine rings is 1. The topological polar surface area (TPSA) is 128 Å². The van der Waals surface area contributed by atoms with E-state index in [1.165, 1.54) is 0 Å². The first-order valence-electron chi connectivity index (χ1n) is 12.6. The molecular formula is C26H33F3N4O6S. The van der Waals surface area contributed by atoms with E-state index in [1.54, 1.807) is 30.0 Å². The smallest absolute Gasteiger partial charge is 0.475 e. The quantitative estimate of drug-likeness (QED) is 0.488. The van der Waals surface area contributed by atoms with Crippen LogP contribution >= 0.6 is 0 Å². The lowest BCUT2D eigenvalue weighted by atomic mass is 10.1. The van der Waals surface area contributed by atoms with E-state index in [0.717, 1.165) is 43.0 Å². The zero-order valence-electron chi connectivity index (χ0n) is 22.5. The molecule has 2 heterocycles. The molecule has 40 heavy (non-hydrogen) atoms. The zero-order chi connectivity index (χ0) is 29.7. The standard InChI is InChI=1S/C24H32N4O4S.C2HF3O2/c1-17-14-19(3)23(15-18(17)2)33(30,31)26-21-16-20(24(29)28-10-12-32-13-11-28)4-5-22(21)27-8-6-25-7-9-27;3-2(4,5)1(6)7/h4-5,14-16,25-26H,6-13H2,1-3H3;(H,6,7). The van der Waals surface area contributed by atoms with Crippen LogP contribution in [0.25, 0.3) is 0 Å². The molecule has 0 unspecified atom stereocenters. The molecule has 2 aliphatic heterocycles. The molecular weight excluding hydrogens is 553 g/mol. The van der Waals surface area contributed by atoms with E-state index >= 15 is 0 Å². The number of rotatable bonds is 5. The lowest BCUT2D eigenvalue weighted by Gasteiger charge is -2.32. The van der Waals surface area contributed by atoms with E-state index in [1.807, 2.05) is 26.0 Å². The molecule has 2 saturated heterocycles. The Morgan fingerprint density at radius 1 is 0.950 bits per heavy atom. The maximum absolute atomic E-state index is 13.4. The number of halogens is 3. The number of hydrogen-bond donors (Lipinski definition) is 3. The molecule has 2 aromatic rings. The highest BCUT2D eigenvalue weighted by Gasteiger charge is 2.38. The largest absolute Gasteiger partial charge is 0.490 e. The van der Waals surface area contributed by atoms with Crippen LogP contribution in [0, 0.1) is 20.8 Å². The molecule has 2 fully saturated rings. The van der Waals surface area contributed by atoms with Crippen molar-refractivity contribution in [3.05, 3.63) is 52.6 Å². The summed E-state index contributed by atoms with van der Waals surface area (Å²) in [4.78, 5) is 26.1. The Labute approximate surface area is 231 Å². The van der Waals surface area contributed by atoms with Crippen LogP contribution in [-0.2, 0) is 19.6 Å². The number of hydrogen-bond acceptors (Lipinski definition) is 7. The normalized spacial score (nSPS) is 16.1. The molecule has 0 aliphatic carbocycles. The molecule has 0 aromatic heterocycles. The molecule has 10 nitrogen and oxygen atoms in total. The van der Waals surface area contributed by atoms with Crippen LogP contribution in [0.3, 0.4) is 0 Å². The minimum atomic E-state index is -5.08. The number of carboxylic acid groups (broad SMARTS) is 1. The number of alkyl halides is 3. The summed E-state index contributed by atoms with van der Waals surface area (Å²) in [6.07, 6.45) is -5.08. The van der Waals surface area contributed by atoms with Crippen molar-refractivity contribution in [2.75, 3.05) is 62.1 Å². The number of nitrogens with zero attached hydrogens (tertiary/aromatic N) is 2. The number of nitrogens with one attached hydrogen (secondary N) is 2. The summed E-state index contributed by atoms with van der Waals surface area (Å²) in [6, 6.07) is 8.90. The maximum atomic E-state index is 13.4. The Kier molecular flexibility index (Phi) is 10.0. The van der Waals surface area contributed by atoms with Gasteiger partial charge in [0.15, 0.2) is 0 Å². The molecule has 1 amide bonds. The third-order valence-corrected chi connectivity index (χ3v) is 8.07. The van der Waals surface area contributed by atoms with Gasteiger partial charge in [0.1, 0.15) is 0 Å². The van der Waals surface area contributed by atoms with E-state index in [4.69, 9.17) is 14.6 Å². The van der Waals surface area contributed by atoms with E-state index in [0.29, 0.717) is 43.1 Å². The first kappa shape index (κ1) is 31.2. The third-order valence-electron chi connectivity index (χ3n) is 6.57. The molecule has 0 saturated carbocycles. The lowest BCUT2D eigenvalue weighted by molar-refractivity contribution is -0.192. The van der Waals surface area contributed by atoms with Crippen LogP contribution in [0.4, 0.5) is 24.5 Å². The van der Waals surface area contributed by atoms with Crippen LogP contribution in [0.2, 0.25) is 0 Å². The van der Waals surface area contributed by atoms with Gasteiger partial charge in [-0.1, -0.05) is 6.07 Å².